The van der Waals surface area contributed by atoms with E-state index in [1.54, 1.807) is 0 Å². The number of alkyl halides is 9. The van der Waals surface area contributed by atoms with Gasteiger partial charge in [0.15, 0.2) is 0 Å². The molecule has 4 nitrogen and oxygen atoms in total. The van der Waals surface area contributed by atoms with Crippen LogP contribution in [0.3, 0.4) is 0 Å². The van der Waals surface area contributed by atoms with Crippen LogP contribution in [0, 0.1) is 17.3 Å². The maximum atomic E-state index is 13.1. The highest BCUT2D eigenvalue weighted by Crippen LogP contribution is 2.61. The Morgan fingerprint density at radius 3 is 2.14 bits per heavy atom. The van der Waals surface area contributed by atoms with Crippen molar-refractivity contribution in [3.8, 4) is 5.75 Å². The van der Waals surface area contributed by atoms with Gasteiger partial charge in [0, 0.05) is 13.1 Å². The van der Waals surface area contributed by atoms with Crippen LogP contribution in [0.25, 0.3) is 0 Å². The Morgan fingerprint density at radius 2 is 1.52 bits per heavy atom. The van der Waals surface area contributed by atoms with Gasteiger partial charge in [-0.3, -0.25) is 0 Å². The fourth-order valence-electron chi connectivity index (χ4n) is 7.59. The largest absolute Gasteiger partial charge is 0.494 e. The Kier molecular flexibility index (Phi) is 9.47. The van der Waals surface area contributed by atoms with Crippen LogP contribution in [0.4, 0.5) is 39.5 Å². The lowest BCUT2D eigenvalue weighted by Gasteiger charge is -2.50. The van der Waals surface area contributed by atoms with Crippen molar-refractivity contribution in [1.29, 1.82) is 0 Å². The summed E-state index contributed by atoms with van der Waals surface area (Å²) in [6.45, 7) is 3.07. The summed E-state index contributed by atoms with van der Waals surface area (Å²) in [5.41, 5.74) is -3.56. The smallest absolute Gasteiger partial charge is 0.435 e. The molecule has 0 saturated heterocycles. The van der Waals surface area contributed by atoms with Crippen LogP contribution in [-0.4, -0.2) is 75.1 Å². The van der Waals surface area contributed by atoms with Gasteiger partial charge in [-0.2, -0.15) is 39.5 Å². The van der Waals surface area contributed by atoms with Crippen molar-refractivity contribution in [2.24, 2.45) is 17.3 Å². The number of fused-ring (bicyclic) bond motifs is 5. The molecule has 3 unspecified atom stereocenters. The van der Waals surface area contributed by atoms with Crippen molar-refractivity contribution in [2.75, 3.05) is 40.0 Å². The number of rotatable bonds is 10. The van der Waals surface area contributed by atoms with E-state index in [-0.39, 0.29) is 24.7 Å². The quantitative estimate of drug-likeness (QED) is 0.251. The second-order valence-electron chi connectivity index (χ2n) is 12.0. The van der Waals surface area contributed by atoms with E-state index in [0.29, 0.717) is 24.4 Å². The second-order valence-corrected chi connectivity index (χ2v) is 12.0. The van der Waals surface area contributed by atoms with Crippen LogP contribution in [0.2, 0.25) is 0 Å². The van der Waals surface area contributed by atoms with Gasteiger partial charge in [0.1, 0.15) is 5.75 Å². The van der Waals surface area contributed by atoms with Gasteiger partial charge in [-0.1, -0.05) is 13.0 Å². The molecule has 3 aliphatic rings. The Balaban J connectivity index is 1.30. The Hall–Kier alpha value is -1.73. The summed E-state index contributed by atoms with van der Waals surface area (Å²) in [5.74, 6) is 2.36. The van der Waals surface area contributed by atoms with Crippen molar-refractivity contribution in [1.82, 2.24) is 4.90 Å². The molecule has 3 aliphatic carbocycles. The lowest BCUT2D eigenvalue weighted by Crippen LogP contribution is -2.68. The molecule has 0 heterocycles. The van der Waals surface area contributed by atoms with Gasteiger partial charge in [-0.15, -0.1) is 0 Å². The molecule has 0 aliphatic heterocycles. The summed E-state index contributed by atoms with van der Waals surface area (Å²) in [6, 6.07) is 6.39. The van der Waals surface area contributed by atoms with E-state index in [2.05, 4.69) is 23.8 Å². The third-order valence-electron chi connectivity index (χ3n) is 9.70. The maximum Gasteiger partial charge on any atom is 0.435 e. The van der Waals surface area contributed by atoms with Crippen LogP contribution in [0.5, 0.6) is 5.75 Å². The highest BCUT2D eigenvalue weighted by Gasteiger charge is 2.85. The molecule has 2 fully saturated rings. The number of halogens is 9. The molecule has 13 heteroatoms. The lowest BCUT2D eigenvalue weighted by molar-refractivity contribution is -0.457. The zero-order valence-corrected chi connectivity index (χ0v) is 23.9. The van der Waals surface area contributed by atoms with E-state index in [0.717, 1.165) is 44.3 Å². The molecule has 4 rings (SSSR count). The average molecular weight is 620 g/mol. The van der Waals surface area contributed by atoms with E-state index in [4.69, 9.17) is 9.47 Å². The van der Waals surface area contributed by atoms with Gasteiger partial charge in [0.2, 0.25) is 0 Å². The minimum Gasteiger partial charge on any atom is -0.494 e. The zero-order chi connectivity index (χ0) is 31.1. The number of hydrogen-bond acceptors (Lipinski definition) is 4. The van der Waals surface area contributed by atoms with Gasteiger partial charge in [0.05, 0.1) is 25.9 Å². The van der Waals surface area contributed by atoms with Crippen molar-refractivity contribution in [2.45, 2.75) is 88.5 Å². The average Bonchev–Trinajstić information content (AvgIpc) is 3.20. The molecule has 0 aromatic heterocycles. The first kappa shape index (κ1) is 33.2. The molecule has 42 heavy (non-hydrogen) atoms. The van der Waals surface area contributed by atoms with Crippen molar-refractivity contribution in [3.63, 3.8) is 0 Å². The van der Waals surface area contributed by atoms with Crippen LogP contribution in [0.1, 0.15) is 63.0 Å². The van der Waals surface area contributed by atoms with E-state index >= 15 is 0 Å². The standard InChI is InChI=1S/C29H38F9NO3/c1-4-40-19-6-8-20-18(17-19)5-7-22-21(20)11-12-25(2)23(22)9-10-24(25)41-15-13-39(3)14-16-42-26(27(30,31)32,28(33,34)35)29(36,37)38/h6,8,17,21-24H,4-5,7,9-16H2,1-3H3/t21?,22?,23?,24-,25-/m0/s1. The molecule has 5 atom stereocenters. The van der Waals surface area contributed by atoms with Gasteiger partial charge < -0.3 is 19.1 Å². The summed E-state index contributed by atoms with van der Waals surface area (Å²) in [4.78, 5) is 1.30. The number of ether oxygens (including phenoxy) is 3. The predicted molar refractivity (Wildman–Crippen MR) is 136 cm³/mol. The molecule has 0 bridgehead atoms. The molecule has 2 saturated carbocycles. The summed E-state index contributed by atoms with van der Waals surface area (Å²) in [6.07, 6.45) is -14.3. The number of nitrogens with zero attached hydrogens (tertiary/aromatic N) is 1. The zero-order valence-electron chi connectivity index (χ0n) is 23.9. The number of likely N-dealkylation sites (N-methyl/N-ethyl adjacent to an activating group) is 1. The van der Waals surface area contributed by atoms with E-state index in [1.807, 2.05) is 13.0 Å². The minimum atomic E-state index is -6.73. The fourth-order valence-corrected chi connectivity index (χ4v) is 7.59. The topological polar surface area (TPSA) is 30.9 Å². The van der Waals surface area contributed by atoms with Crippen molar-refractivity contribution < 1.29 is 53.7 Å². The molecule has 0 amide bonds. The van der Waals surface area contributed by atoms with Crippen molar-refractivity contribution in [3.05, 3.63) is 29.3 Å². The SMILES string of the molecule is CCOc1ccc2c(c1)CCC1C2CC[C@@]2(C)C1CC[C@@H]2OCCN(C)CCOC(C(F)(F)F)(C(F)(F)F)C(F)(F)F. The number of aryl methyl sites for hydroxylation is 1. The molecule has 0 N–H and O–H groups in total. The summed E-state index contributed by atoms with van der Waals surface area (Å²) >= 11 is 0. The Labute approximate surface area is 239 Å². The first-order valence-corrected chi connectivity index (χ1v) is 14.4. The molecule has 0 radical (unpaired) electrons. The van der Waals surface area contributed by atoms with Crippen LogP contribution >= 0.6 is 0 Å². The van der Waals surface area contributed by atoms with Gasteiger partial charge in [-0.25, -0.2) is 0 Å². The predicted octanol–water partition coefficient (Wildman–Crippen LogP) is 7.70. The number of benzene rings is 1. The van der Waals surface area contributed by atoms with Crippen LogP contribution in [-0.2, 0) is 15.9 Å². The summed E-state index contributed by atoms with van der Waals surface area (Å²) in [5, 5.41) is 0. The minimum absolute atomic E-state index is 0.0526. The van der Waals surface area contributed by atoms with Crippen LogP contribution in [0.15, 0.2) is 18.2 Å². The molecule has 1 aromatic carbocycles. The lowest BCUT2D eigenvalue weighted by atomic mass is 9.55. The molecule has 0 spiro atoms. The highest BCUT2D eigenvalue weighted by atomic mass is 19.4. The Morgan fingerprint density at radius 1 is 0.881 bits per heavy atom. The maximum absolute atomic E-state index is 13.1. The van der Waals surface area contributed by atoms with Gasteiger partial charge in [0.25, 0.3) is 0 Å². The molecule has 240 valence electrons. The van der Waals surface area contributed by atoms with Crippen LogP contribution < -0.4 is 4.74 Å². The van der Waals surface area contributed by atoms with Crippen molar-refractivity contribution >= 4 is 0 Å². The first-order chi connectivity index (χ1) is 19.5. The molecule has 1 aromatic rings. The van der Waals surface area contributed by atoms with Gasteiger partial charge in [-0.05, 0) is 98.9 Å². The summed E-state index contributed by atoms with van der Waals surface area (Å²) < 4.78 is 133. The second kappa shape index (κ2) is 12.0. The number of hydrogen-bond donors (Lipinski definition) is 0. The van der Waals surface area contributed by atoms with E-state index in [9.17, 15) is 39.5 Å². The van der Waals surface area contributed by atoms with Gasteiger partial charge >= 0.3 is 24.1 Å². The summed E-state index contributed by atoms with van der Waals surface area (Å²) in [7, 11) is 1.38. The van der Waals surface area contributed by atoms with E-state index in [1.165, 1.54) is 23.1 Å². The monoisotopic (exact) mass is 619 g/mol. The fraction of sp³-hybridized carbons (Fsp3) is 0.793. The Bertz CT molecular complexity index is 1040. The van der Waals surface area contributed by atoms with E-state index < -0.39 is 37.3 Å². The third-order valence-corrected chi connectivity index (χ3v) is 9.70. The highest BCUT2D eigenvalue weighted by molar-refractivity contribution is 5.40. The third kappa shape index (κ3) is 5.98. The molecular formula is C29H38F9NO3. The normalized spacial score (nSPS) is 28.4. The first-order valence-electron chi connectivity index (χ1n) is 14.4. The molecular weight excluding hydrogens is 581 g/mol.